The molecule has 8 nitrogen and oxygen atoms in total. The van der Waals surface area contributed by atoms with Gasteiger partial charge in [-0.3, -0.25) is 4.79 Å². The average Bonchev–Trinajstić information content (AvgIpc) is 3.14. The first-order chi connectivity index (χ1) is 11.7. The molecule has 1 amide bonds. The number of benzene rings is 1. The fourth-order valence-electron chi connectivity index (χ4n) is 3.49. The normalized spacial score (nSPS) is 25.6. The fraction of sp³-hybridized carbons (Fsp3) is 0.500. The molecule has 3 N–H and O–H groups in total. The van der Waals surface area contributed by atoms with Gasteiger partial charge in [0.25, 0.3) is 5.91 Å². The summed E-state index contributed by atoms with van der Waals surface area (Å²) in [6.07, 6.45) is 1.88. The number of likely N-dealkylation sites (tertiary alicyclic amines) is 1. The standard InChI is InChI=1S/C16H21N3O5S/c1-3-24-13-5-4-11(25(2,22)23)6-12(13)14(20)19-8-10-7-16(10,9-19)15(17)18-21/h4-6,10,21H,3,7-9H2,1-2H3,(H2,17,18). The number of carbonyl (C=O) groups excluding carboxylic acids is 1. The monoisotopic (exact) mass is 367 g/mol. The molecule has 1 saturated carbocycles. The Bertz CT molecular complexity index is 851. The molecule has 3 rings (SSSR count). The molecule has 25 heavy (non-hydrogen) atoms. The van der Waals surface area contributed by atoms with Crippen LogP contribution in [-0.4, -0.2) is 56.2 Å². The van der Waals surface area contributed by atoms with Crippen LogP contribution in [0.2, 0.25) is 0 Å². The Balaban J connectivity index is 1.92. The molecule has 1 aromatic rings. The van der Waals surface area contributed by atoms with E-state index in [0.717, 1.165) is 12.7 Å². The molecule has 9 heteroatoms. The lowest BCUT2D eigenvalue weighted by molar-refractivity contribution is 0.0766. The Morgan fingerprint density at radius 1 is 1.52 bits per heavy atom. The van der Waals surface area contributed by atoms with Crippen molar-refractivity contribution in [2.75, 3.05) is 26.0 Å². The van der Waals surface area contributed by atoms with E-state index >= 15 is 0 Å². The van der Waals surface area contributed by atoms with Crippen molar-refractivity contribution in [3.8, 4) is 5.75 Å². The molecule has 2 atom stereocenters. The SMILES string of the molecule is CCOc1ccc(S(C)(=O)=O)cc1C(=O)N1CC2CC2(C(N)=NO)C1. The second-order valence-corrected chi connectivity index (χ2v) is 8.61. The van der Waals surface area contributed by atoms with Crippen LogP contribution in [0.4, 0.5) is 0 Å². The zero-order valence-corrected chi connectivity index (χ0v) is 14.9. The van der Waals surface area contributed by atoms with E-state index in [-0.39, 0.29) is 28.1 Å². The van der Waals surface area contributed by atoms with Gasteiger partial charge in [0.1, 0.15) is 11.6 Å². The Morgan fingerprint density at radius 3 is 2.84 bits per heavy atom. The third kappa shape index (κ3) is 2.92. The van der Waals surface area contributed by atoms with E-state index in [0.29, 0.717) is 25.4 Å². The topological polar surface area (TPSA) is 122 Å². The summed E-state index contributed by atoms with van der Waals surface area (Å²) in [5.41, 5.74) is 5.53. The Morgan fingerprint density at radius 2 is 2.24 bits per heavy atom. The smallest absolute Gasteiger partial charge is 0.257 e. The summed E-state index contributed by atoms with van der Waals surface area (Å²) in [6.45, 7) is 2.98. The van der Waals surface area contributed by atoms with E-state index in [2.05, 4.69) is 5.16 Å². The van der Waals surface area contributed by atoms with Crippen molar-refractivity contribution in [2.45, 2.75) is 18.2 Å². The zero-order chi connectivity index (χ0) is 18.4. The molecule has 1 aliphatic carbocycles. The molecule has 2 unspecified atom stereocenters. The van der Waals surface area contributed by atoms with Gasteiger partial charge in [0.2, 0.25) is 0 Å². The van der Waals surface area contributed by atoms with Crippen molar-refractivity contribution in [3.63, 3.8) is 0 Å². The summed E-state index contributed by atoms with van der Waals surface area (Å²) in [7, 11) is -3.44. The summed E-state index contributed by atoms with van der Waals surface area (Å²) in [5, 5.41) is 12.0. The molecular formula is C16H21N3O5S. The third-order valence-electron chi connectivity index (χ3n) is 4.96. The molecule has 1 saturated heterocycles. The van der Waals surface area contributed by atoms with Crippen molar-refractivity contribution in [3.05, 3.63) is 23.8 Å². The summed E-state index contributed by atoms with van der Waals surface area (Å²) < 4.78 is 29.1. The highest BCUT2D eigenvalue weighted by molar-refractivity contribution is 7.90. The van der Waals surface area contributed by atoms with Gasteiger partial charge in [-0.05, 0) is 37.5 Å². The molecule has 0 spiro atoms. The van der Waals surface area contributed by atoms with Crippen LogP contribution in [0.3, 0.4) is 0 Å². The molecule has 1 aromatic carbocycles. The second kappa shape index (κ2) is 5.91. The van der Waals surface area contributed by atoms with Crippen LogP contribution in [0, 0.1) is 11.3 Å². The van der Waals surface area contributed by atoms with Gasteiger partial charge in [-0.2, -0.15) is 0 Å². The van der Waals surface area contributed by atoms with Gasteiger partial charge in [-0.25, -0.2) is 8.42 Å². The van der Waals surface area contributed by atoms with Crippen LogP contribution >= 0.6 is 0 Å². The number of amidine groups is 1. The van der Waals surface area contributed by atoms with Crippen LogP contribution in [-0.2, 0) is 9.84 Å². The van der Waals surface area contributed by atoms with Crippen LogP contribution in [0.1, 0.15) is 23.7 Å². The number of hydrogen-bond donors (Lipinski definition) is 2. The van der Waals surface area contributed by atoms with Gasteiger partial charge < -0.3 is 20.6 Å². The van der Waals surface area contributed by atoms with Gasteiger partial charge in [0, 0.05) is 19.3 Å². The van der Waals surface area contributed by atoms with Crippen LogP contribution in [0.5, 0.6) is 5.75 Å². The fourth-order valence-corrected chi connectivity index (χ4v) is 4.14. The Kier molecular flexibility index (Phi) is 4.14. The van der Waals surface area contributed by atoms with E-state index in [1.165, 1.54) is 18.2 Å². The summed E-state index contributed by atoms with van der Waals surface area (Å²) in [4.78, 5) is 14.6. The highest BCUT2D eigenvalue weighted by atomic mass is 32.2. The second-order valence-electron chi connectivity index (χ2n) is 6.59. The first kappa shape index (κ1) is 17.5. The number of nitrogens with zero attached hydrogens (tertiary/aromatic N) is 2. The zero-order valence-electron chi connectivity index (χ0n) is 14.1. The summed E-state index contributed by atoms with van der Waals surface area (Å²) in [6, 6.07) is 4.28. The predicted octanol–water partition coefficient (Wildman–Crippen LogP) is 0.697. The third-order valence-corrected chi connectivity index (χ3v) is 6.07. The molecule has 2 aliphatic rings. The average molecular weight is 367 g/mol. The first-order valence-corrected chi connectivity index (χ1v) is 9.86. The lowest BCUT2D eigenvalue weighted by Gasteiger charge is -2.22. The predicted molar refractivity (Wildman–Crippen MR) is 90.6 cm³/mol. The molecule has 0 radical (unpaired) electrons. The van der Waals surface area contributed by atoms with Crippen LogP contribution < -0.4 is 10.5 Å². The van der Waals surface area contributed by atoms with Crippen molar-refractivity contribution in [1.29, 1.82) is 0 Å². The first-order valence-electron chi connectivity index (χ1n) is 7.97. The minimum atomic E-state index is -3.44. The molecule has 1 aliphatic heterocycles. The molecule has 0 aromatic heterocycles. The molecular weight excluding hydrogens is 346 g/mol. The Hall–Kier alpha value is -2.29. The van der Waals surface area contributed by atoms with E-state index < -0.39 is 15.3 Å². The van der Waals surface area contributed by atoms with E-state index in [1.54, 1.807) is 11.8 Å². The largest absolute Gasteiger partial charge is 0.493 e. The maximum absolute atomic E-state index is 12.9. The number of ether oxygens (including phenoxy) is 1. The molecule has 2 fully saturated rings. The van der Waals surface area contributed by atoms with Gasteiger partial charge in [0.15, 0.2) is 9.84 Å². The number of hydrogen-bond acceptors (Lipinski definition) is 6. The number of nitrogens with two attached hydrogens (primary N) is 1. The number of oxime groups is 1. The number of amides is 1. The van der Waals surface area contributed by atoms with Crippen LogP contribution in [0.15, 0.2) is 28.3 Å². The Labute approximate surface area is 146 Å². The summed E-state index contributed by atoms with van der Waals surface area (Å²) >= 11 is 0. The maximum Gasteiger partial charge on any atom is 0.257 e. The van der Waals surface area contributed by atoms with Crippen LogP contribution in [0.25, 0.3) is 0 Å². The molecule has 0 bridgehead atoms. The number of carbonyl (C=O) groups is 1. The maximum atomic E-state index is 12.9. The van der Waals surface area contributed by atoms with E-state index in [9.17, 15) is 13.2 Å². The number of fused-ring (bicyclic) bond motifs is 1. The van der Waals surface area contributed by atoms with Gasteiger partial charge in [-0.15, -0.1) is 0 Å². The quantitative estimate of drug-likeness (QED) is 0.342. The minimum absolute atomic E-state index is 0.0646. The van der Waals surface area contributed by atoms with Crippen molar-refractivity contribution in [1.82, 2.24) is 4.90 Å². The number of sulfone groups is 1. The minimum Gasteiger partial charge on any atom is -0.493 e. The highest BCUT2D eigenvalue weighted by Crippen LogP contribution is 2.58. The lowest BCUT2D eigenvalue weighted by Crippen LogP contribution is -2.36. The van der Waals surface area contributed by atoms with Crippen molar-refractivity contribution >= 4 is 21.6 Å². The van der Waals surface area contributed by atoms with Crippen molar-refractivity contribution < 1.29 is 23.2 Å². The highest BCUT2D eigenvalue weighted by Gasteiger charge is 2.64. The van der Waals surface area contributed by atoms with E-state index in [4.69, 9.17) is 15.7 Å². The molecule has 1 heterocycles. The van der Waals surface area contributed by atoms with Gasteiger partial charge >= 0.3 is 0 Å². The molecule has 136 valence electrons. The number of rotatable bonds is 5. The van der Waals surface area contributed by atoms with Gasteiger partial charge in [0.05, 0.1) is 22.5 Å². The number of piperidine rings is 1. The summed E-state index contributed by atoms with van der Waals surface area (Å²) in [5.74, 6) is 0.341. The van der Waals surface area contributed by atoms with Crippen molar-refractivity contribution in [2.24, 2.45) is 22.2 Å². The van der Waals surface area contributed by atoms with E-state index in [1.807, 2.05) is 0 Å². The lowest BCUT2D eigenvalue weighted by atomic mass is 10.1. The van der Waals surface area contributed by atoms with Gasteiger partial charge in [-0.1, -0.05) is 5.16 Å².